The molecule has 0 saturated heterocycles. The molecule has 0 atom stereocenters. The van der Waals surface area contributed by atoms with E-state index in [0.717, 1.165) is 5.57 Å². The molecular weight excluding hydrogens is 279 g/mol. The molecule has 0 amide bonds. The fraction of sp³-hybridized carbons (Fsp3) is 0.500. The molecule has 0 saturated carbocycles. The zero-order chi connectivity index (χ0) is 15.9. The minimum absolute atomic E-state index is 0. The van der Waals surface area contributed by atoms with E-state index in [1.54, 1.807) is 6.08 Å². The van der Waals surface area contributed by atoms with Crippen LogP contribution >= 0.6 is 0 Å². The van der Waals surface area contributed by atoms with E-state index in [1.807, 2.05) is 19.1 Å². The predicted molar refractivity (Wildman–Crippen MR) is 100 cm³/mol. The Morgan fingerprint density at radius 3 is 2.45 bits per heavy atom. The van der Waals surface area contributed by atoms with Crippen LogP contribution in [0.3, 0.4) is 0 Å². The third-order valence-electron chi connectivity index (χ3n) is 4.19. The Labute approximate surface area is 158 Å². The molecule has 0 spiro atoms. The molecule has 22 heavy (non-hydrogen) atoms. The Morgan fingerprint density at radius 2 is 1.86 bits per heavy atom. The monoisotopic (exact) mass is 310 g/mol. The molecule has 1 aliphatic rings. The Kier molecular flexibility index (Phi) is 10.3. The molecule has 0 fully saturated rings. The molecule has 0 unspecified atom stereocenters. The molecule has 1 aliphatic carbocycles. The Bertz CT molecular complexity index is 502. The predicted octanol–water partition coefficient (Wildman–Crippen LogP) is 4.86. The van der Waals surface area contributed by atoms with E-state index in [2.05, 4.69) is 45.9 Å². The Hall–Kier alpha value is -0.340. The van der Waals surface area contributed by atoms with Gasteiger partial charge in [-0.05, 0) is 51.0 Å². The summed E-state index contributed by atoms with van der Waals surface area (Å²) in [6, 6.07) is 0. The van der Waals surface area contributed by atoms with E-state index >= 15 is 0 Å². The molecular formula is C20H31NaO. The van der Waals surface area contributed by atoms with Crippen LogP contribution in [0.5, 0.6) is 0 Å². The first-order chi connectivity index (χ1) is 9.86. The summed E-state index contributed by atoms with van der Waals surface area (Å²) in [5.41, 5.74) is 5.66. The Morgan fingerprint density at radius 1 is 1.18 bits per heavy atom. The van der Waals surface area contributed by atoms with Gasteiger partial charge in [-0.1, -0.05) is 67.0 Å². The topological polar surface area (TPSA) is 20.2 Å². The zero-order valence-corrected chi connectivity index (χ0v) is 14.2. The van der Waals surface area contributed by atoms with Crippen LogP contribution in [0.2, 0.25) is 0 Å². The maximum absolute atomic E-state index is 8.81. The van der Waals surface area contributed by atoms with Crippen LogP contribution < -0.4 is 0 Å². The summed E-state index contributed by atoms with van der Waals surface area (Å²) in [7, 11) is 0. The van der Waals surface area contributed by atoms with Gasteiger partial charge in [-0.2, -0.15) is 0 Å². The van der Waals surface area contributed by atoms with E-state index in [1.165, 1.54) is 36.0 Å². The van der Waals surface area contributed by atoms with Gasteiger partial charge in [0, 0.05) is 0 Å². The molecule has 0 radical (unpaired) electrons. The summed E-state index contributed by atoms with van der Waals surface area (Å²) in [5.74, 6) is 0. The molecule has 0 aliphatic heterocycles. The summed E-state index contributed by atoms with van der Waals surface area (Å²) in [4.78, 5) is 0. The van der Waals surface area contributed by atoms with E-state index in [-0.39, 0.29) is 36.2 Å². The number of aliphatic hydroxyl groups excluding tert-OH is 1. The van der Waals surface area contributed by atoms with Gasteiger partial charge in [0.05, 0.1) is 6.61 Å². The molecule has 0 aromatic rings. The molecule has 1 rings (SSSR count). The summed E-state index contributed by atoms with van der Waals surface area (Å²) in [5, 5.41) is 8.81. The van der Waals surface area contributed by atoms with Gasteiger partial charge in [-0.25, -0.2) is 0 Å². The van der Waals surface area contributed by atoms with Crippen LogP contribution in [0, 0.1) is 5.41 Å². The number of aliphatic hydroxyl groups is 1. The maximum atomic E-state index is 8.81. The number of rotatable bonds is 5. The number of allylic oxidation sites excluding steroid dienone is 9. The van der Waals surface area contributed by atoms with Gasteiger partial charge >= 0.3 is 29.6 Å². The first kappa shape index (κ1) is 21.7. The molecule has 2 heteroatoms. The van der Waals surface area contributed by atoms with E-state index in [9.17, 15) is 0 Å². The van der Waals surface area contributed by atoms with Gasteiger partial charge < -0.3 is 5.11 Å². The van der Waals surface area contributed by atoms with Crippen LogP contribution in [-0.4, -0.2) is 41.3 Å². The molecule has 1 N–H and O–H groups in total. The fourth-order valence-corrected chi connectivity index (χ4v) is 2.84. The van der Waals surface area contributed by atoms with Crippen molar-refractivity contribution in [3.05, 3.63) is 58.7 Å². The average molecular weight is 310 g/mol. The number of hydrogen-bond donors (Lipinski definition) is 1. The van der Waals surface area contributed by atoms with Gasteiger partial charge in [0.2, 0.25) is 0 Å². The van der Waals surface area contributed by atoms with Crippen molar-refractivity contribution < 1.29 is 5.11 Å². The summed E-state index contributed by atoms with van der Waals surface area (Å²) in [6.45, 7) is 11.2. The molecule has 0 bridgehead atoms. The van der Waals surface area contributed by atoms with Crippen LogP contribution in [0.1, 0.15) is 53.9 Å². The van der Waals surface area contributed by atoms with Crippen LogP contribution in [-0.2, 0) is 0 Å². The standard InChI is InChI=1S/C20H30O.Na.H/c1-16(8-6-9-17(2)13-15-21)11-12-19-18(3)10-7-14-20(19,4)5;;/h6,8-9,11-13,21H,7,10,14-15H2,1-5H3;;/b9-6+,12-11+,16-8+,17-13+;;. The quantitative estimate of drug-likeness (QED) is 0.568. The number of hydrogen-bond acceptors (Lipinski definition) is 1. The third-order valence-corrected chi connectivity index (χ3v) is 4.19. The van der Waals surface area contributed by atoms with Crippen molar-refractivity contribution >= 4 is 29.6 Å². The van der Waals surface area contributed by atoms with Gasteiger partial charge in [0.15, 0.2) is 0 Å². The molecule has 0 heterocycles. The summed E-state index contributed by atoms with van der Waals surface area (Å²) < 4.78 is 0. The van der Waals surface area contributed by atoms with Crippen LogP contribution in [0.4, 0.5) is 0 Å². The second kappa shape index (κ2) is 10.4. The molecule has 1 nitrogen and oxygen atoms in total. The van der Waals surface area contributed by atoms with Crippen LogP contribution in [0.25, 0.3) is 0 Å². The van der Waals surface area contributed by atoms with Crippen molar-refractivity contribution in [1.82, 2.24) is 0 Å². The summed E-state index contributed by atoms with van der Waals surface area (Å²) >= 11 is 0. The van der Waals surface area contributed by atoms with E-state index < -0.39 is 0 Å². The van der Waals surface area contributed by atoms with Gasteiger partial charge in [0.25, 0.3) is 0 Å². The average Bonchev–Trinajstić information content (AvgIpc) is 2.37. The third kappa shape index (κ3) is 7.28. The second-order valence-corrected chi connectivity index (χ2v) is 6.67. The molecule has 118 valence electrons. The van der Waals surface area contributed by atoms with Crippen molar-refractivity contribution in [2.45, 2.75) is 53.9 Å². The summed E-state index contributed by atoms with van der Waals surface area (Å²) in [6.07, 6.45) is 16.3. The second-order valence-electron chi connectivity index (χ2n) is 6.67. The zero-order valence-electron chi connectivity index (χ0n) is 14.2. The van der Waals surface area contributed by atoms with Crippen molar-refractivity contribution in [1.29, 1.82) is 0 Å². The van der Waals surface area contributed by atoms with Gasteiger partial charge in [-0.15, -0.1) is 0 Å². The Balaban J connectivity index is 0.00000441. The normalized spacial score (nSPS) is 19.9. The van der Waals surface area contributed by atoms with E-state index in [4.69, 9.17) is 5.11 Å². The minimum atomic E-state index is 0. The van der Waals surface area contributed by atoms with E-state index in [0.29, 0.717) is 5.41 Å². The van der Waals surface area contributed by atoms with Crippen molar-refractivity contribution in [2.24, 2.45) is 5.41 Å². The van der Waals surface area contributed by atoms with Crippen molar-refractivity contribution in [2.75, 3.05) is 6.61 Å². The first-order valence-electron chi connectivity index (χ1n) is 7.87. The van der Waals surface area contributed by atoms with Crippen molar-refractivity contribution in [3.8, 4) is 0 Å². The SMILES string of the molecule is CC1=C(/C=C/C(C)=C/C=C/C(C)=C/CO)C(C)(C)CCC1.[NaH]. The first-order valence-corrected chi connectivity index (χ1v) is 7.87. The van der Waals surface area contributed by atoms with Gasteiger partial charge in [0.1, 0.15) is 0 Å². The molecule has 0 aromatic carbocycles. The van der Waals surface area contributed by atoms with Gasteiger partial charge in [-0.3, -0.25) is 0 Å². The fourth-order valence-electron chi connectivity index (χ4n) is 2.84. The van der Waals surface area contributed by atoms with Crippen LogP contribution in [0.15, 0.2) is 58.7 Å². The van der Waals surface area contributed by atoms with Crippen molar-refractivity contribution in [3.63, 3.8) is 0 Å². The molecule has 0 aromatic heterocycles.